The van der Waals surface area contributed by atoms with Crippen molar-refractivity contribution < 1.29 is 9.18 Å². The van der Waals surface area contributed by atoms with Gasteiger partial charge in [0.15, 0.2) is 5.96 Å². The monoisotopic (exact) mass is 556 g/mol. The first-order valence-corrected chi connectivity index (χ1v) is 10.9. The van der Waals surface area contributed by atoms with Crippen LogP contribution in [0, 0.1) is 5.82 Å². The summed E-state index contributed by atoms with van der Waals surface area (Å²) in [6.45, 7) is 6.87. The molecular weight excluding hydrogens is 522 g/mol. The van der Waals surface area contributed by atoms with Crippen LogP contribution in [-0.2, 0) is 18.4 Å². The summed E-state index contributed by atoms with van der Waals surface area (Å²) in [5, 5.41) is 3.30. The molecule has 1 aromatic heterocycles. The first-order valence-electron chi connectivity index (χ1n) is 10.9. The molecule has 1 amide bonds. The lowest BCUT2D eigenvalue weighted by molar-refractivity contribution is -0.131. The highest BCUT2D eigenvalue weighted by molar-refractivity contribution is 14.0. The number of nitrogens with zero attached hydrogens (tertiary/aromatic N) is 5. The summed E-state index contributed by atoms with van der Waals surface area (Å²) in [5.74, 6) is 0.699. The lowest BCUT2D eigenvalue weighted by Crippen LogP contribution is -2.49. The number of nitrogens with one attached hydrogen (secondary N) is 1. The molecule has 9 heteroatoms. The van der Waals surface area contributed by atoms with Crippen molar-refractivity contribution in [1.29, 1.82) is 0 Å². The molecule has 2 heterocycles. The molecule has 0 aliphatic carbocycles. The molecular formula is C23H34FIN6O. The SMILES string of the molecule is CCNC(=NCCC(=O)N1CCN(c2ccc(F)cc2)CC1)N(C)Cc1cccn1C.I. The van der Waals surface area contributed by atoms with E-state index in [0.717, 1.165) is 37.8 Å². The lowest BCUT2D eigenvalue weighted by Gasteiger charge is -2.36. The molecule has 1 aliphatic heterocycles. The molecule has 0 bridgehead atoms. The summed E-state index contributed by atoms with van der Waals surface area (Å²) >= 11 is 0. The summed E-state index contributed by atoms with van der Waals surface area (Å²) in [7, 11) is 4.03. The molecule has 3 rings (SSSR count). The Hall–Kier alpha value is -2.30. The van der Waals surface area contributed by atoms with E-state index in [2.05, 4.69) is 30.7 Å². The second kappa shape index (κ2) is 12.7. The fraction of sp³-hybridized carbons (Fsp3) is 0.478. The Kier molecular flexibility index (Phi) is 10.3. The molecule has 0 radical (unpaired) electrons. The van der Waals surface area contributed by atoms with E-state index in [1.165, 1.54) is 17.8 Å². The Morgan fingerprint density at radius 2 is 1.84 bits per heavy atom. The highest BCUT2D eigenvalue weighted by Gasteiger charge is 2.21. The van der Waals surface area contributed by atoms with E-state index in [9.17, 15) is 9.18 Å². The van der Waals surface area contributed by atoms with Crippen molar-refractivity contribution in [3.05, 3.63) is 54.1 Å². The molecule has 0 atom stereocenters. The number of guanidine groups is 1. The van der Waals surface area contributed by atoms with Crippen LogP contribution in [0.4, 0.5) is 10.1 Å². The Morgan fingerprint density at radius 3 is 2.44 bits per heavy atom. The van der Waals surface area contributed by atoms with Crippen molar-refractivity contribution >= 4 is 41.5 Å². The van der Waals surface area contributed by atoms with Crippen LogP contribution in [0.25, 0.3) is 0 Å². The highest BCUT2D eigenvalue weighted by atomic mass is 127. The smallest absolute Gasteiger partial charge is 0.224 e. The number of anilines is 1. The van der Waals surface area contributed by atoms with Crippen molar-refractivity contribution in [2.75, 3.05) is 51.2 Å². The van der Waals surface area contributed by atoms with Gasteiger partial charge in [0.1, 0.15) is 5.82 Å². The number of carbonyl (C=O) groups is 1. The van der Waals surface area contributed by atoms with E-state index in [1.54, 1.807) is 12.1 Å². The average Bonchev–Trinajstić information content (AvgIpc) is 3.18. The van der Waals surface area contributed by atoms with Gasteiger partial charge in [0.2, 0.25) is 5.91 Å². The number of amides is 1. The van der Waals surface area contributed by atoms with Crippen molar-refractivity contribution in [3.8, 4) is 0 Å². The molecule has 0 saturated carbocycles. The van der Waals surface area contributed by atoms with Gasteiger partial charge in [0.25, 0.3) is 0 Å². The lowest BCUT2D eigenvalue weighted by atomic mass is 10.2. The molecule has 0 unspecified atom stereocenters. The van der Waals surface area contributed by atoms with Gasteiger partial charge in [-0.25, -0.2) is 4.39 Å². The van der Waals surface area contributed by atoms with Gasteiger partial charge in [-0.05, 0) is 43.3 Å². The molecule has 1 aromatic carbocycles. The maximum absolute atomic E-state index is 13.1. The summed E-state index contributed by atoms with van der Waals surface area (Å²) in [6.07, 6.45) is 2.42. The average molecular weight is 556 g/mol. The third-order valence-corrected chi connectivity index (χ3v) is 5.56. The molecule has 0 spiro atoms. The summed E-state index contributed by atoms with van der Waals surface area (Å²) in [5.41, 5.74) is 2.19. The number of aromatic nitrogens is 1. The Morgan fingerprint density at radius 1 is 1.16 bits per heavy atom. The standard InChI is InChI=1S/C23H33FN6O.HI/c1-4-25-23(28(3)18-21-6-5-13-27(21)2)26-12-11-22(31)30-16-14-29(15-17-30)20-9-7-19(24)8-10-20;/h5-10,13H,4,11-12,14-18H2,1-3H3,(H,25,26);1H. The van der Waals surface area contributed by atoms with E-state index in [4.69, 9.17) is 0 Å². The van der Waals surface area contributed by atoms with Crippen LogP contribution in [-0.4, -0.2) is 72.5 Å². The van der Waals surface area contributed by atoms with E-state index in [0.29, 0.717) is 26.1 Å². The zero-order chi connectivity index (χ0) is 22.2. The van der Waals surface area contributed by atoms with Crippen molar-refractivity contribution in [1.82, 2.24) is 19.7 Å². The van der Waals surface area contributed by atoms with Crippen molar-refractivity contribution in [2.24, 2.45) is 12.0 Å². The third kappa shape index (κ3) is 7.11. The van der Waals surface area contributed by atoms with Crippen LogP contribution in [0.1, 0.15) is 19.0 Å². The fourth-order valence-electron chi connectivity index (χ4n) is 3.73. The van der Waals surface area contributed by atoms with Crippen LogP contribution in [0.15, 0.2) is 47.6 Å². The van der Waals surface area contributed by atoms with E-state index < -0.39 is 0 Å². The second-order valence-electron chi connectivity index (χ2n) is 7.80. The minimum atomic E-state index is -0.232. The van der Waals surface area contributed by atoms with E-state index >= 15 is 0 Å². The minimum absolute atomic E-state index is 0. The van der Waals surface area contributed by atoms with E-state index in [-0.39, 0.29) is 35.7 Å². The quantitative estimate of drug-likeness (QED) is 0.324. The predicted molar refractivity (Wildman–Crippen MR) is 138 cm³/mol. The number of halogens is 2. The van der Waals surface area contributed by atoms with Gasteiger partial charge in [0.05, 0.1) is 13.1 Å². The van der Waals surface area contributed by atoms with Crippen molar-refractivity contribution in [2.45, 2.75) is 19.9 Å². The number of aryl methyl sites for hydroxylation is 1. The van der Waals surface area contributed by atoms with Gasteiger partial charge < -0.3 is 24.6 Å². The summed E-state index contributed by atoms with van der Waals surface area (Å²) in [4.78, 5) is 23.5. The first-order chi connectivity index (χ1) is 15.0. The van der Waals surface area contributed by atoms with Crippen LogP contribution in [0.2, 0.25) is 0 Å². The minimum Gasteiger partial charge on any atom is -0.368 e. The molecule has 7 nitrogen and oxygen atoms in total. The number of hydrogen-bond donors (Lipinski definition) is 1. The normalized spacial score (nSPS) is 14.2. The summed E-state index contributed by atoms with van der Waals surface area (Å²) < 4.78 is 15.2. The number of piperazine rings is 1. The number of hydrogen-bond acceptors (Lipinski definition) is 3. The number of carbonyl (C=O) groups excluding carboxylic acids is 1. The van der Waals surface area contributed by atoms with Gasteiger partial charge >= 0.3 is 0 Å². The van der Waals surface area contributed by atoms with Gasteiger partial charge in [-0.3, -0.25) is 9.79 Å². The molecule has 1 N–H and O–H groups in total. The fourth-order valence-corrected chi connectivity index (χ4v) is 3.73. The summed E-state index contributed by atoms with van der Waals surface area (Å²) in [6, 6.07) is 10.6. The Bertz CT molecular complexity index is 877. The van der Waals surface area contributed by atoms with Gasteiger partial charge in [-0.1, -0.05) is 0 Å². The molecule has 1 saturated heterocycles. The molecule has 1 aliphatic rings. The van der Waals surface area contributed by atoms with Crippen LogP contribution in [0.3, 0.4) is 0 Å². The van der Waals surface area contributed by atoms with E-state index in [1.807, 2.05) is 38.2 Å². The second-order valence-corrected chi connectivity index (χ2v) is 7.80. The molecule has 1 fully saturated rings. The molecule has 32 heavy (non-hydrogen) atoms. The zero-order valence-electron chi connectivity index (χ0n) is 19.1. The Labute approximate surface area is 207 Å². The van der Waals surface area contributed by atoms with Crippen LogP contribution < -0.4 is 10.2 Å². The van der Waals surface area contributed by atoms with Crippen LogP contribution >= 0.6 is 24.0 Å². The van der Waals surface area contributed by atoms with Gasteiger partial charge in [-0.15, -0.1) is 24.0 Å². The Balaban J connectivity index is 0.00000363. The predicted octanol–water partition coefficient (Wildman–Crippen LogP) is 2.92. The van der Waals surface area contributed by atoms with Gasteiger partial charge in [0, 0.05) is 70.8 Å². The zero-order valence-corrected chi connectivity index (χ0v) is 21.5. The van der Waals surface area contributed by atoms with Gasteiger partial charge in [-0.2, -0.15) is 0 Å². The topological polar surface area (TPSA) is 56.1 Å². The first kappa shape index (κ1) is 26.0. The third-order valence-electron chi connectivity index (χ3n) is 5.56. The number of benzene rings is 1. The van der Waals surface area contributed by atoms with Crippen LogP contribution in [0.5, 0.6) is 0 Å². The molecule has 176 valence electrons. The molecule has 2 aromatic rings. The number of aliphatic imine (C=N–C) groups is 1. The maximum Gasteiger partial charge on any atom is 0.224 e. The number of rotatable bonds is 7. The largest absolute Gasteiger partial charge is 0.368 e. The van der Waals surface area contributed by atoms with Crippen molar-refractivity contribution in [3.63, 3.8) is 0 Å². The highest BCUT2D eigenvalue weighted by Crippen LogP contribution is 2.17. The maximum atomic E-state index is 13.1.